The lowest BCUT2D eigenvalue weighted by atomic mass is 10.1. The summed E-state index contributed by atoms with van der Waals surface area (Å²) in [5, 5.41) is 16.4. The van der Waals surface area contributed by atoms with Crippen molar-refractivity contribution in [1.29, 1.82) is 0 Å². The van der Waals surface area contributed by atoms with Crippen molar-refractivity contribution >= 4 is 45.0 Å². The second-order valence-corrected chi connectivity index (χ2v) is 7.29. The number of anilines is 1. The largest absolute Gasteiger partial charge is 0.374 e. The molecule has 0 radical (unpaired) electrons. The number of rotatable bonds is 5. The minimum atomic E-state index is -0.0739. The normalized spacial score (nSPS) is 11.0. The van der Waals surface area contributed by atoms with Crippen molar-refractivity contribution in [2.75, 3.05) is 11.5 Å². The average molecular weight is 348 g/mol. The van der Waals surface area contributed by atoms with Crippen molar-refractivity contribution in [2.24, 2.45) is 7.05 Å². The first kappa shape index (κ1) is 15.8. The van der Waals surface area contributed by atoms with Crippen molar-refractivity contribution in [2.45, 2.75) is 17.8 Å². The van der Waals surface area contributed by atoms with Gasteiger partial charge in [0.25, 0.3) is 0 Å². The van der Waals surface area contributed by atoms with E-state index >= 15 is 0 Å². The molecule has 7 nitrogen and oxygen atoms in total. The summed E-state index contributed by atoms with van der Waals surface area (Å²) in [5.74, 6) is 0.202. The fourth-order valence-electron chi connectivity index (χ4n) is 2.22. The van der Waals surface area contributed by atoms with Crippen LogP contribution < -0.4 is 11.1 Å². The molecule has 0 saturated carbocycles. The molecule has 0 spiro atoms. The van der Waals surface area contributed by atoms with E-state index in [-0.39, 0.29) is 11.7 Å². The van der Waals surface area contributed by atoms with Crippen LogP contribution in [-0.4, -0.2) is 31.6 Å². The van der Waals surface area contributed by atoms with Crippen LogP contribution in [0.15, 0.2) is 22.5 Å². The van der Waals surface area contributed by atoms with Gasteiger partial charge in [0.15, 0.2) is 4.34 Å². The van der Waals surface area contributed by atoms with E-state index in [2.05, 4.69) is 32.7 Å². The number of thioether (sulfide) groups is 1. The maximum atomic E-state index is 12.0. The van der Waals surface area contributed by atoms with Gasteiger partial charge in [-0.1, -0.05) is 34.7 Å². The number of carbonyl (C=O) groups excluding carboxylic acids is 1. The lowest BCUT2D eigenvalue weighted by molar-refractivity contribution is -0.118. The van der Waals surface area contributed by atoms with E-state index in [9.17, 15) is 4.79 Å². The van der Waals surface area contributed by atoms with Crippen LogP contribution in [0, 0.1) is 6.92 Å². The maximum Gasteiger partial charge on any atom is 0.230 e. The molecular formula is C14H16N6OS2. The van der Waals surface area contributed by atoms with E-state index in [1.54, 1.807) is 0 Å². The Morgan fingerprint density at radius 1 is 1.43 bits per heavy atom. The Morgan fingerprint density at radius 2 is 2.26 bits per heavy atom. The van der Waals surface area contributed by atoms with Crippen molar-refractivity contribution in [3.63, 3.8) is 0 Å². The minimum Gasteiger partial charge on any atom is -0.374 e. The molecule has 3 N–H and O–H groups in total. The van der Waals surface area contributed by atoms with Gasteiger partial charge in [0.2, 0.25) is 11.0 Å². The number of benzene rings is 1. The topological polar surface area (TPSA) is 98.7 Å². The molecule has 0 atom stereocenters. The summed E-state index contributed by atoms with van der Waals surface area (Å²) in [5.41, 5.74) is 8.60. The van der Waals surface area contributed by atoms with Gasteiger partial charge in [0, 0.05) is 12.4 Å². The number of amides is 1. The second kappa shape index (κ2) is 6.55. The fraction of sp³-hybridized carbons (Fsp3) is 0.286. The fourth-order valence-corrected chi connectivity index (χ4v) is 3.69. The lowest BCUT2D eigenvalue weighted by Gasteiger charge is -2.02. The van der Waals surface area contributed by atoms with Crippen molar-refractivity contribution in [1.82, 2.24) is 25.3 Å². The van der Waals surface area contributed by atoms with Crippen molar-refractivity contribution in [3.05, 3.63) is 29.5 Å². The zero-order valence-electron chi connectivity index (χ0n) is 12.7. The molecule has 3 aromatic rings. The minimum absolute atomic E-state index is 0.0739. The average Bonchev–Trinajstić information content (AvgIpc) is 3.07. The van der Waals surface area contributed by atoms with Gasteiger partial charge in [-0.05, 0) is 19.1 Å². The van der Waals surface area contributed by atoms with E-state index in [4.69, 9.17) is 5.73 Å². The van der Waals surface area contributed by atoms with Crippen LogP contribution in [0.1, 0.15) is 11.3 Å². The highest BCUT2D eigenvalue weighted by Gasteiger charge is 2.11. The summed E-state index contributed by atoms with van der Waals surface area (Å²) >= 11 is 2.60. The van der Waals surface area contributed by atoms with E-state index in [0.29, 0.717) is 16.0 Å². The summed E-state index contributed by atoms with van der Waals surface area (Å²) in [6.07, 6.45) is 0. The molecule has 9 heteroatoms. The van der Waals surface area contributed by atoms with Gasteiger partial charge >= 0.3 is 0 Å². The third-order valence-electron chi connectivity index (χ3n) is 3.28. The van der Waals surface area contributed by atoms with E-state index in [1.807, 2.05) is 24.7 Å². The zero-order chi connectivity index (χ0) is 16.4. The van der Waals surface area contributed by atoms with Crippen LogP contribution in [0.2, 0.25) is 0 Å². The molecule has 1 amide bonds. The number of hydrogen-bond donors (Lipinski definition) is 2. The van der Waals surface area contributed by atoms with Crippen molar-refractivity contribution < 1.29 is 4.79 Å². The molecule has 0 unspecified atom stereocenters. The summed E-state index contributed by atoms with van der Waals surface area (Å²) in [6.45, 7) is 2.44. The van der Waals surface area contributed by atoms with Crippen LogP contribution in [0.25, 0.3) is 10.9 Å². The van der Waals surface area contributed by atoms with Gasteiger partial charge in [0.05, 0.1) is 23.5 Å². The van der Waals surface area contributed by atoms with Crippen molar-refractivity contribution in [3.8, 4) is 0 Å². The van der Waals surface area contributed by atoms with Gasteiger partial charge in [-0.15, -0.1) is 10.2 Å². The number of carbonyl (C=O) groups is 1. The summed E-state index contributed by atoms with van der Waals surface area (Å²) in [6, 6.07) is 6.18. The van der Waals surface area contributed by atoms with Gasteiger partial charge in [-0.25, -0.2) is 0 Å². The number of aromatic nitrogens is 4. The Morgan fingerprint density at radius 3 is 3.00 bits per heavy atom. The summed E-state index contributed by atoms with van der Waals surface area (Å²) in [7, 11) is 1.90. The molecule has 2 aromatic heterocycles. The highest BCUT2D eigenvalue weighted by molar-refractivity contribution is 8.01. The Bertz CT molecular complexity index is 856. The molecule has 0 fully saturated rings. The Kier molecular flexibility index (Phi) is 4.49. The highest BCUT2D eigenvalue weighted by atomic mass is 32.2. The summed E-state index contributed by atoms with van der Waals surface area (Å²) in [4.78, 5) is 12.0. The van der Waals surface area contributed by atoms with Gasteiger partial charge in [-0.3, -0.25) is 9.48 Å². The molecule has 23 heavy (non-hydrogen) atoms. The third kappa shape index (κ3) is 3.62. The number of hydrogen-bond acceptors (Lipinski definition) is 7. The molecule has 2 heterocycles. The monoisotopic (exact) mass is 348 g/mol. The van der Waals surface area contributed by atoms with Crippen LogP contribution >= 0.6 is 23.1 Å². The molecule has 0 aliphatic heterocycles. The number of fused-ring (bicyclic) bond motifs is 1. The first-order valence-electron chi connectivity index (χ1n) is 6.93. The molecule has 1 aromatic carbocycles. The van der Waals surface area contributed by atoms with Crippen LogP contribution in [-0.2, 0) is 18.4 Å². The number of nitrogen functional groups attached to an aromatic ring is 1. The second-order valence-electron chi connectivity index (χ2n) is 5.06. The van der Waals surface area contributed by atoms with Crippen LogP contribution in [0.4, 0.5) is 5.13 Å². The molecular weight excluding hydrogens is 332 g/mol. The first-order chi connectivity index (χ1) is 11.0. The maximum absolute atomic E-state index is 12.0. The number of aryl methyl sites for hydroxylation is 2. The smallest absolute Gasteiger partial charge is 0.230 e. The van der Waals surface area contributed by atoms with E-state index in [1.165, 1.54) is 28.7 Å². The molecule has 0 saturated heterocycles. The number of nitrogens with two attached hydrogens (primary N) is 1. The summed E-state index contributed by atoms with van der Waals surface area (Å²) < 4.78 is 2.52. The van der Waals surface area contributed by atoms with E-state index in [0.717, 1.165) is 16.6 Å². The Labute approximate surface area is 141 Å². The number of nitrogens with zero attached hydrogens (tertiary/aromatic N) is 4. The zero-order valence-corrected chi connectivity index (χ0v) is 14.4. The standard InChI is InChI=1S/C14H16N6OS2/c1-8-3-4-11-9(5-8)10(19-20(11)2)6-16-12(21)7-22-14-18-17-13(15)23-14/h3-5H,6-7H2,1-2H3,(H2,15,17)(H,16,21). The lowest BCUT2D eigenvalue weighted by Crippen LogP contribution is -2.24. The molecule has 0 bridgehead atoms. The third-order valence-corrected chi connectivity index (χ3v) is 5.17. The molecule has 120 valence electrons. The molecule has 0 aliphatic rings. The first-order valence-corrected chi connectivity index (χ1v) is 8.74. The quantitative estimate of drug-likeness (QED) is 0.681. The SMILES string of the molecule is Cc1ccc2c(c1)c(CNC(=O)CSc1nnc(N)s1)nn2C. The van der Waals surface area contributed by atoms with Gasteiger partial charge < -0.3 is 11.1 Å². The van der Waals surface area contributed by atoms with Crippen LogP contribution in [0.3, 0.4) is 0 Å². The van der Waals surface area contributed by atoms with Gasteiger partial charge in [0.1, 0.15) is 0 Å². The predicted octanol–water partition coefficient (Wildman–Crippen LogP) is 1.72. The molecule has 0 aliphatic carbocycles. The van der Waals surface area contributed by atoms with Gasteiger partial charge in [-0.2, -0.15) is 5.10 Å². The Hall–Kier alpha value is -2.13. The Balaban J connectivity index is 1.61. The number of nitrogens with one attached hydrogen (secondary N) is 1. The highest BCUT2D eigenvalue weighted by Crippen LogP contribution is 2.23. The van der Waals surface area contributed by atoms with E-state index < -0.39 is 0 Å². The predicted molar refractivity (Wildman–Crippen MR) is 92.3 cm³/mol. The van der Waals surface area contributed by atoms with Crippen LogP contribution in [0.5, 0.6) is 0 Å². The molecule has 3 rings (SSSR count).